The number of hydrogen-bond acceptors (Lipinski definition) is 14. The first-order chi connectivity index (χ1) is 24.9. The number of carboxylic acids is 1. The topological polar surface area (TPSA) is 202 Å². The molecule has 0 aliphatic carbocycles. The quantitative estimate of drug-likeness (QED) is 0.108. The smallest absolute Gasteiger partial charge is 0.352 e. The molecular formula is C31H31F3N8O8S2. The fourth-order valence-corrected chi connectivity index (χ4v) is 8.01. The van der Waals surface area contributed by atoms with Crippen molar-refractivity contribution in [2.24, 2.45) is 5.16 Å². The molecule has 3 aromatic rings. The van der Waals surface area contributed by atoms with Crippen molar-refractivity contribution < 1.29 is 47.0 Å². The fraction of sp³-hybridized carbons (Fsp3) is 0.387. The van der Waals surface area contributed by atoms with Crippen LogP contribution < -0.4 is 21.4 Å². The highest BCUT2D eigenvalue weighted by atomic mass is 32.2. The number of nitrogens with one attached hydrogen (secondary N) is 1. The maximum absolute atomic E-state index is 15.9. The average Bonchev–Trinajstić information content (AvgIpc) is 3.55. The number of nitrogens with zero attached hydrogens (tertiary/aromatic N) is 6. The maximum Gasteiger partial charge on any atom is 0.352 e. The molecule has 0 bridgehead atoms. The van der Waals surface area contributed by atoms with E-state index in [9.17, 15) is 33.5 Å². The molecule has 2 fully saturated rings. The molecule has 0 saturated carbocycles. The van der Waals surface area contributed by atoms with Crippen molar-refractivity contribution in [3.8, 4) is 0 Å². The Morgan fingerprint density at radius 2 is 1.92 bits per heavy atom. The molecule has 2 atom stereocenters. The molecule has 52 heavy (non-hydrogen) atoms. The molecule has 2 amide bonds. The van der Waals surface area contributed by atoms with Gasteiger partial charge in [-0.2, -0.15) is 0 Å². The monoisotopic (exact) mass is 764 g/mol. The number of halogens is 3. The van der Waals surface area contributed by atoms with E-state index in [2.05, 4.69) is 15.5 Å². The molecule has 5 heterocycles. The van der Waals surface area contributed by atoms with Crippen molar-refractivity contribution in [1.82, 2.24) is 24.7 Å². The highest BCUT2D eigenvalue weighted by Gasteiger charge is 2.54. The van der Waals surface area contributed by atoms with Gasteiger partial charge >= 0.3 is 11.9 Å². The van der Waals surface area contributed by atoms with Crippen LogP contribution in [0.1, 0.15) is 16.1 Å². The van der Waals surface area contributed by atoms with E-state index < -0.39 is 88.7 Å². The molecule has 4 N–H and O–H groups in total. The lowest BCUT2D eigenvalue weighted by Crippen LogP contribution is -2.71. The number of fused-ring (bicyclic) bond motifs is 2. The van der Waals surface area contributed by atoms with Gasteiger partial charge in [-0.15, -0.1) is 23.1 Å². The number of nitrogens with two attached hydrogens (primary N) is 1. The number of piperazine rings is 1. The molecule has 0 radical (unpaired) electrons. The van der Waals surface area contributed by atoms with Gasteiger partial charge in [0, 0.05) is 49.1 Å². The highest BCUT2D eigenvalue weighted by Crippen LogP contribution is 2.40. The number of pyridine rings is 1. The standard InChI is InChI=1S/C31H31F3N8O8S2/c1-39-5-7-40(8-6-39)24-17(33)9-15-23(19(24)34)41(4-3-32)10-16(25(15)43)30(48)50-11-14-12-51-28-21(27(45)42(28)22(14)29(46)47)37-26(44)20(38-49-2)18-13-52-31(35)36-18/h9-10,13,21,28H,3-8,11-12H2,1-2H3,(H2,35,36)(H,37,44)(H,46,47)/b38-20+/t21-,28-/m1/s1. The Labute approximate surface area is 300 Å². The minimum atomic E-state index is -1.52. The molecule has 3 aliphatic rings. The zero-order valence-corrected chi connectivity index (χ0v) is 29.2. The Hall–Kier alpha value is -5.15. The zero-order chi connectivity index (χ0) is 37.4. The third-order valence-corrected chi connectivity index (χ3v) is 10.7. The van der Waals surface area contributed by atoms with Crippen molar-refractivity contribution in [2.45, 2.75) is 18.0 Å². The minimum absolute atomic E-state index is 0.00131. The van der Waals surface area contributed by atoms with E-state index >= 15 is 8.78 Å². The van der Waals surface area contributed by atoms with E-state index in [1.54, 1.807) is 0 Å². The number of rotatable bonds is 11. The van der Waals surface area contributed by atoms with Crippen LogP contribution in [0.3, 0.4) is 0 Å². The van der Waals surface area contributed by atoms with Gasteiger partial charge in [-0.25, -0.2) is 27.7 Å². The largest absolute Gasteiger partial charge is 0.477 e. The summed E-state index contributed by atoms with van der Waals surface area (Å²) in [5.74, 6) is -6.54. The lowest BCUT2D eigenvalue weighted by Gasteiger charge is -2.49. The van der Waals surface area contributed by atoms with Crippen LogP contribution in [-0.4, -0.2) is 125 Å². The third kappa shape index (κ3) is 6.65. The number of β-lactam (4-membered cyclic amide) rings is 1. The van der Waals surface area contributed by atoms with Crippen LogP contribution in [0.2, 0.25) is 0 Å². The molecule has 1 aromatic carbocycles. The molecule has 3 aliphatic heterocycles. The van der Waals surface area contributed by atoms with Crippen molar-refractivity contribution in [1.29, 1.82) is 0 Å². The molecule has 2 saturated heterocycles. The number of anilines is 2. The third-order valence-electron chi connectivity index (χ3n) is 8.67. The van der Waals surface area contributed by atoms with Crippen LogP contribution in [0.25, 0.3) is 10.9 Å². The van der Waals surface area contributed by atoms with E-state index in [4.69, 9.17) is 15.3 Å². The predicted octanol–water partition coefficient (Wildman–Crippen LogP) is 0.986. The Morgan fingerprint density at radius 3 is 2.56 bits per heavy atom. The summed E-state index contributed by atoms with van der Waals surface area (Å²) in [6, 6.07) is -0.345. The van der Waals surface area contributed by atoms with Crippen molar-refractivity contribution >= 4 is 74.3 Å². The van der Waals surface area contributed by atoms with E-state index in [0.717, 1.165) is 44.8 Å². The number of hydrogen-bond donors (Lipinski definition) is 3. The number of aryl methyl sites for hydroxylation is 1. The number of oxime groups is 1. The normalized spacial score (nSPS) is 19.4. The van der Waals surface area contributed by atoms with Gasteiger partial charge in [-0.05, 0) is 13.1 Å². The molecule has 21 heteroatoms. The van der Waals surface area contributed by atoms with Crippen LogP contribution in [-0.2, 0) is 30.5 Å². The summed E-state index contributed by atoms with van der Waals surface area (Å²) in [6.07, 6.45) is 0.923. The molecule has 0 spiro atoms. The first-order valence-corrected chi connectivity index (χ1v) is 17.5. The number of carbonyl (C=O) groups excluding carboxylic acids is 3. The van der Waals surface area contributed by atoms with Gasteiger partial charge in [0.25, 0.3) is 11.8 Å². The number of likely N-dealkylation sites (N-methyl/N-ethyl adjacent to an activating group) is 1. The number of carboxylic acid groups (broad SMARTS) is 1. The van der Waals surface area contributed by atoms with E-state index in [0.29, 0.717) is 26.2 Å². The lowest BCUT2D eigenvalue weighted by molar-refractivity contribution is -0.150. The molecule has 0 unspecified atom stereocenters. The first-order valence-electron chi connectivity index (χ1n) is 15.6. The molecule has 2 aromatic heterocycles. The number of alkyl halides is 1. The summed E-state index contributed by atoms with van der Waals surface area (Å²) in [5.41, 5.74) is 2.53. The summed E-state index contributed by atoms with van der Waals surface area (Å²) in [4.78, 5) is 78.4. The number of carbonyl (C=O) groups is 4. The number of thiazole rings is 1. The molecule has 6 rings (SSSR count). The Bertz CT molecular complexity index is 2100. The molecular weight excluding hydrogens is 734 g/mol. The second-order valence-electron chi connectivity index (χ2n) is 11.8. The van der Waals surface area contributed by atoms with Crippen molar-refractivity contribution in [3.05, 3.63) is 62.0 Å². The maximum atomic E-state index is 15.9. The number of ether oxygens (including phenoxy) is 1. The lowest BCUT2D eigenvalue weighted by atomic mass is 10.0. The summed E-state index contributed by atoms with van der Waals surface area (Å²) in [5, 5.41) is 16.5. The summed E-state index contributed by atoms with van der Waals surface area (Å²) < 4.78 is 51.3. The van der Waals surface area contributed by atoms with Gasteiger partial charge in [-0.3, -0.25) is 19.3 Å². The van der Waals surface area contributed by atoms with E-state index in [1.165, 1.54) is 17.4 Å². The van der Waals surface area contributed by atoms with Gasteiger partial charge in [0.1, 0.15) is 60.3 Å². The van der Waals surface area contributed by atoms with Crippen LogP contribution in [0.5, 0.6) is 0 Å². The van der Waals surface area contributed by atoms with Crippen LogP contribution in [0, 0.1) is 11.6 Å². The zero-order valence-electron chi connectivity index (χ0n) is 27.6. The SMILES string of the molecule is CO/N=C(/C(=O)N[C@@H]1C(=O)N2C(C(=O)O)=C(COC(=O)c3cn(CCF)c4c(F)c(N5CCN(C)CC5)c(F)cc4c3=O)CS[C@H]12)c1csc(N)n1. The van der Waals surface area contributed by atoms with Crippen LogP contribution >= 0.6 is 23.1 Å². The van der Waals surface area contributed by atoms with Gasteiger partial charge in [0.2, 0.25) is 5.43 Å². The predicted molar refractivity (Wildman–Crippen MR) is 184 cm³/mol. The summed E-state index contributed by atoms with van der Waals surface area (Å²) >= 11 is 2.12. The number of benzene rings is 1. The van der Waals surface area contributed by atoms with Gasteiger partial charge in [0.15, 0.2) is 16.7 Å². The number of aromatic nitrogens is 2. The molecule has 276 valence electrons. The number of amides is 2. The second kappa shape index (κ2) is 14.8. The first kappa shape index (κ1) is 36.6. The number of aliphatic carboxylic acids is 1. The number of nitrogen functional groups attached to an aromatic ring is 1. The van der Waals surface area contributed by atoms with Gasteiger partial charge in [0.05, 0.1) is 17.4 Å². The Kier molecular flexibility index (Phi) is 10.5. The van der Waals surface area contributed by atoms with Gasteiger partial charge < -0.3 is 40.1 Å². The Morgan fingerprint density at radius 1 is 1.19 bits per heavy atom. The minimum Gasteiger partial charge on any atom is -0.477 e. The van der Waals surface area contributed by atoms with Crippen LogP contribution in [0.15, 0.2) is 38.9 Å². The number of thioether (sulfide) groups is 1. The van der Waals surface area contributed by atoms with Crippen molar-refractivity contribution in [3.63, 3.8) is 0 Å². The average molecular weight is 765 g/mol. The van der Waals surface area contributed by atoms with Crippen LogP contribution in [0.4, 0.5) is 24.0 Å². The van der Waals surface area contributed by atoms with E-state index in [-0.39, 0.29) is 39.1 Å². The Balaban J connectivity index is 1.22. The molecule has 16 nitrogen and oxygen atoms in total. The number of esters is 1. The van der Waals surface area contributed by atoms with Crippen molar-refractivity contribution in [2.75, 3.05) is 70.0 Å². The highest BCUT2D eigenvalue weighted by molar-refractivity contribution is 8.00. The summed E-state index contributed by atoms with van der Waals surface area (Å²) in [6.45, 7) is -0.459. The van der Waals surface area contributed by atoms with E-state index in [1.807, 2.05) is 11.9 Å². The van der Waals surface area contributed by atoms with Gasteiger partial charge in [-0.1, -0.05) is 5.16 Å². The summed E-state index contributed by atoms with van der Waals surface area (Å²) in [7, 11) is 3.08. The second-order valence-corrected chi connectivity index (χ2v) is 13.8. The fourth-order valence-electron chi connectivity index (χ4n) is 6.14.